The third kappa shape index (κ3) is 2.18. The zero-order chi connectivity index (χ0) is 12.4. The van der Waals surface area contributed by atoms with E-state index in [1.54, 1.807) is 4.90 Å². The molecule has 2 rings (SSSR count). The summed E-state index contributed by atoms with van der Waals surface area (Å²) in [7, 11) is 1.24. The average molecular weight is 239 g/mol. The molecule has 0 spiro atoms. The first-order chi connectivity index (χ1) is 8.15. The number of ether oxygens (including phenoxy) is 1. The molecule has 0 aromatic rings. The standard InChI is InChI=1S/C12H17NO4/c1-17-12(16)9-7-13(11(15)10(9)14)8-5-3-2-4-6-8/h8-9H,2-7H2,1H3. The van der Waals surface area contributed by atoms with Crippen molar-refractivity contribution >= 4 is 17.7 Å². The number of carbonyl (C=O) groups excluding carboxylic acids is 3. The van der Waals surface area contributed by atoms with Crippen molar-refractivity contribution in [2.24, 2.45) is 5.92 Å². The summed E-state index contributed by atoms with van der Waals surface area (Å²) in [6.07, 6.45) is 5.24. The van der Waals surface area contributed by atoms with E-state index < -0.39 is 23.6 Å². The number of amides is 1. The number of likely N-dealkylation sites (tertiary alicyclic amines) is 1. The number of rotatable bonds is 2. The fourth-order valence-corrected chi connectivity index (χ4v) is 2.68. The quantitative estimate of drug-likeness (QED) is 0.400. The molecule has 1 aliphatic carbocycles. The number of hydrogen-bond donors (Lipinski definition) is 0. The van der Waals surface area contributed by atoms with Gasteiger partial charge in [-0.05, 0) is 12.8 Å². The maximum Gasteiger partial charge on any atom is 0.318 e. The second-order valence-corrected chi connectivity index (χ2v) is 4.69. The maximum atomic E-state index is 11.8. The molecule has 1 atom stereocenters. The van der Waals surface area contributed by atoms with Gasteiger partial charge in [-0.15, -0.1) is 0 Å². The molecule has 0 radical (unpaired) electrons. The predicted molar refractivity (Wildman–Crippen MR) is 59.1 cm³/mol. The lowest BCUT2D eigenvalue weighted by Crippen LogP contribution is -2.39. The van der Waals surface area contributed by atoms with E-state index in [1.807, 2.05) is 0 Å². The van der Waals surface area contributed by atoms with Crippen LogP contribution in [0, 0.1) is 5.92 Å². The molecular formula is C12H17NO4. The monoisotopic (exact) mass is 239 g/mol. The highest BCUT2D eigenvalue weighted by molar-refractivity contribution is 6.42. The fourth-order valence-electron chi connectivity index (χ4n) is 2.68. The van der Waals surface area contributed by atoms with Gasteiger partial charge in [0.2, 0.25) is 5.78 Å². The molecule has 5 heteroatoms. The van der Waals surface area contributed by atoms with Crippen molar-refractivity contribution in [2.75, 3.05) is 13.7 Å². The molecule has 17 heavy (non-hydrogen) atoms. The Kier molecular flexibility index (Phi) is 3.45. The van der Waals surface area contributed by atoms with E-state index in [1.165, 1.54) is 13.5 Å². The van der Waals surface area contributed by atoms with E-state index >= 15 is 0 Å². The second kappa shape index (κ2) is 4.85. The summed E-state index contributed by atoms with van der Waals surface area (Å²) in [5.74, 6) is -2.62. The van der Waals surface area contributed by atoms with Crippen molar-refractivity contribution in [2.45, 2.75) is 38.1 Å². The zero-order valence-corrected chi connectivity index (χ0v) is 9.98. The van der Waals surface area contributed by atoms with Crippen LogP contribution in [-0.2, 0) is 19.1 Å². The minimum atomic E-state index is -0.908. The largest absolute Gasteiger partial charge is 0.468 e. The minimum Gasteiger partial charge on any atom is -0.468 e. The van der Waals surface area contributed by atoms with Crippen LogP contribution in [0.15, 0.2) is 0 Å². The number of methoxy groups -OCH3 is 1. The molecule has 0 bridgehead atoms. The molecule has 2 aliphatic rings. The molecule has 1 aliphatic heterocycles. The smallest absolute Gasteiger partial charge is 0.318 e. The van der Waals surface area contributed by atoms with Crippen LogP contribution in [0.5, 0.6) is 0 Å². The zero-order valence-electron chi connectivity index (χ0n) is 9.98. The Morgan fingerprint density at radius 2 is 1.88 bits per heavy atom. The van der Waals surface area contributed by atoms with Gasteiger partial charge in [-0.3, -0.25) is 14.4 Å². The van der Waals surface area contributed by atoms with Gasteiger partial charge in [0, 0.05) is 12.6 Å². The maximum absolute atomic E-state index is 11.8. The summed E-state index contributed by atoms with van der Waals surface area (Å²) >= 11 is 0. The Labute approximate surface area is 100 Å². The number of esters is 1. The van der Waals surface area contributed by atoms with Gasteiger partial charge in [-0.1, -0.05) is 19.3 Å². The second-order valence-electron chi connectivity index (χ2n) is 4.69. The average Bonchev–Trinajstić information content (AvgIpc) is 2.67. The van der Waals surface area contributed by atoms with Crippen molar-refractivity contribution in [3.8, 4) is 0 Å². The third-order valence-corrected chi connectivity index (χ3v) is 3.67. The summed E-state index contributed by atoms with van der Waals surface area (Å²) in [4.78, 5) is 36.4. The van der Waals surface area contributed by atoms with E-state index in [9.17, 15) is 14.4 Å². The van der Waals surface area contributed by atoms with Crippen LogP contribution in [0.4, 0.5) is 0 Å². The van der Waals surface area contributed by atoms with Gasteiger partial charge >= 0.3 is 5.97 Å². The molecule has 94 valence electrons. The lowest BCUT2D eigenvalue weighted by molar-refractivity contribution is -0.150. The van der Waals surface area contributed by atoms with Crippen molar-refractivity contribution < 1.29 is 19.1 Å². The number of Topliss-reactive ketones (excluding diaryl/α,β-unsaturated/α-hetero) is 1. The fraction of sp³-hybridized carbons (Fsp3) is 0.750. The lowest BCUT2D eigenvalue weighted by Gasteiger charge is -2.30. The van der Waals surface area contributed by atoms with Crippen LogP contribution in [0.2, 0.25) is 0 Å². The summed E-state index contributed by atoms with van der Waals surface area (Å²) in [5.41, 5.74) is 0. The van der Waals surface area contributed by atoms with Crippen LogP contribution in [0.3, 0.4) is 0 Å². The lowest BCUT2D eigenvalue weighted by atomic mass is 9.94. The van der Waals surface area contributed by atoms with Crippen LogP contribution in [-0.4, -0.2) is 42.3 Å². The molecule has 1 saturated heterocycles. The van der Waals surface area contributed by atoms with Gasteiger partial charge in [0.15, 0.2) is 0 Å². The topological polar surface area (TPSA) is 63.7 Å². The number of hydrogen-bond acceptors (Lipinski definition) is 4. The molecule has 1 saturated carbocycles. The third-order valence-electron chi connectivity index (χ3n) is 3.67. The highest BCUT2D eigenvalue weighted by Gasteiger charge is 2.46. The highest BCUT2D eigenvalue weighted by atomic mass is 16.5. The number of nitrogens with zero attached hydrogens (tertiary/aromatic N) is 1. The van der Waals surface area contributed by atoms with Crippen LogP contribution in [0.1, 0.15) is 32.1 Å². The number of ketones is 1. The van der Waals surface area contributed by atoms with Gasteiger partial charge in [0.05, 0.1) is 7.11 Å². The van der Waals surface area contributed by atoms with Crippen molar-refractivity contribution in [3.63, 3.8) is 0 Å². The minimum absolute atomic E-state index is 0.134. The summed E-state index contributed by atoms with van der Waals surface area (Å²) in [6.45, 7) is 0.203. The molecular weight excluding hydrogens is 222 g/mol. The van der Waals surface area contributed by atoms with Crippen LogP contribution in [0.25, 0.3) is 0 Å². The van der Waals surface area contributed by atoms with Crippen LogP contribution < -0.4 is 0 Å². The molecule has 0 aromatic carbocycles. The highest BCUT2D eigenvalue weighted by Crippen LogP contribution is 2.27. The van der Waals surface area contributed by atoms with Gasteiger partial charge in [0.25, 0.3) is 5.91 Å². The van der Waals surface area contributed by atoms with E-state index in [0.717, 1.165) is 25.7 Å². The van der Waals surface area contributed by atoms with E-state index in [0.29, 0.717) is 0 Å². The van der Waals surface area contributed by atoms with E-state index in [4.69, 9.17) is 0 Å². The molecule has 2 fully saturated rings. The molecule has 1 unspecified atom stereocenters. The summed E-state index contributed by atoms with van der Waals surface area (Å²) in [6, 6.07) is 0.134. The molecule has 0 N–H and O–H groups in total. The first-order valence-corrected chi connectivity index (χ1v) is 6.07. The van der Waals surface area contributed by atoms with Gasteiger partial charge in [0.1, 0.15) is 5.92 Å². The van der Waals surface area contributed by atoms with Crippen molar-refractivity contribution in [1.82, 2.24) is 4.90 Å². The van der Waals surface area contributed by atoms with Gasteiger partial charge in [-0.25, -0.2) is 0 Å². The van der Waals surface area contributed by atoms with Crippen LogP contribution >= 0.6 is 0 Å². The Morgan fingerprint density at radius 1 is 1.24 bits per heavy atom. The van der Waals surface area contributed by atoms with Gasteiger partial charge in [-0.2, -0.15) is 0 Å². The Bertz CT molecular complexity index is 346. The van der Waals surface area contributed by atoms with E-state index in [-0.39, 0.29) is 12.6 Å². The van der Waals surface area contributed by atoms with Crippen molar-refractivity contribution in [1.29, 1.82) is 0 Å². The summed E-state index contributed by atoms with van der Waals surface area (Å²) in [5, 5.41) is 0. The molecule has 1 amide bonds. The SMILES string of the molecule is COC(=O)C1CN(C2CCCCC2)C(=O)C1=O. The first-order valence-electron chi connectivity index (χ1n) is 6.07. The molecule has 0 aromatic heterocycles. The Hall–Kier alpha value is -1.39. The Morgan fingerprint density at radius 3 is 2.47 bits per heavy atom. The van der Waals surface area contributed by atoms with Gasteiger partial charge < -0.3 is 9.64 Å². The van der Waals surface area contributed by atoms with Crippen molar-refractivity contribution in [3.05, 3.63) is 0 Å². The molecule has 1 heterocycles. The number of carbonyl (C=O) groups is 3. The first kappa shape index (κ1) is 12.1. The Balaban J connectivity index is 2.07. The normalized spacial score (nSPS) is 26.4. The molecule has 5 nitrogen and oxygen atoms in total. The van der Waals surface area contributed by atoms with E-state index in [2.05, 4.69) is 4.74 Å². The summed E-state index contributed by atoms with van der Waals surface area (Å²) < 4.78 is 4.55. The predicted octanol–water partition coefficient (Wildman–Crippen LogP) is 0.520.